The first-order valence-corrected chi connectivity index (χ1v) is 8.38. The van der Waals surface area contributed by atoms with Gasteiger partial charge in [-0.05, 0) is 42.3 Å². The Morgan fingerprint density at radius 1 is 1.38 bits per heavy atom. The predicted octanol–water partition coefficient (Wildman–Crippen LogP) is 4.38. The molecule has 0 atom stereocenters. The van der Waals surface area contributed by atoms with E-state index in [1.807, 2.05) is 12.3 Å². The van der Waals surface area contributed by atoms with Gasteiger partial charge in [0.1, 0.15) is 4.88 Å². The van der Waals surface area contributed by atoms with Crippen LogP contribution >= 0.6 is 34.7 Å². The van der Waals surface area contributed by atoms with Gasteiger partial charge >= 0.3 is 5.97 Å². The van der Waals surface area contributed by atoms with Crippen LogP contribution in [0, 0.1) is 6.92 Å². The highest BCUT2D eigenvalue weighted by Gasteiger charge is 2.19. The Kier molecular flexibility index (Phi) is 4.92. The third-order valence-corrected chi connectivity index (χ3v) is 4.97. The van der Waals surface area contributed by atoms with Crippen molar-refractivity contribution in [2.24, 2.45) is 0 Å². The molecule has 0 aliphatic carbocycles. The van der Waals surface area contributed by atoms with Gasteiger partial charge in [0.2, 0.25) is 0 Å². The van der Waals surface area contributed by atoms with Crippen LogP contribution in [-0.2, 0) is 0 Å². The number of nitrogens with one attached hydrogen (secondary N) is 1. The predicted molar refractivity (Wildman–Crippen MR) is 87.2 cm³/mol. The normalized spacial score (nSPS) is 10.4. The Hall–Kier alpha value is -1.50. The van der Waals surface area contributed by atoms with E-state index in [9.17, 15) is 9.59 Å². The number of rotatable bonds is 4. The average Bonchev–Trinajstić information content (AvgIpc) is 2.81. The van der Waals surface area contributed by atoms with Crippen LogP contribution in [0.5, 0.6) is 0 Å². The van der Waals surface area contributed by atoms with Crippen molar-refractivity contribution in [3.8, 4) is 0 Å². The van der Waals surface area contributed by atoms with Crippen LogP contribution in [0.2, 0.25) is 5.02 Å². The Balaban J connectivity index is 2.35. The fourth-order valence-corrected chi connectivity index (χ4v) is 3.23. The molecule has 110 valence electrons. The van der Waals surface area contributed by atoms with Gasteiger partial charge in [-0.15, -0.1) is 23.1 Å². The van der Waals surface area contributed by atoms with E-state index in [0.717, 1.165) is 16.2 Å². The number of carbonyl (C=O) groups is 2. The lowest BCUT2D eigenvalue weighted by atomic mass is 10.2. The van der Waals surface area contributed by atoms with Crippen LogP contribution in [0.4, 0.5) is 5.69 Å². The summed E-state index contributed by atoms with van der Waals surface area (Å²) in [5.41, 5.74) is 1.36. The summed E-state index contributed by atoms with van der Waals surface area (Å²) in [5.74, 6) is -1.48. The minimum absolute atomic E-state index is 0.109. The van der Waals surface area contributed by atoms with Crippen LogP contribution in [0.25, 0.3) is 0 Å². The number of anilines is 1. The molecule has 2 rings (SSSR count). The largest absolute Gasteiger partial charge is 0.477 e. The second-order valence-electron chi connectivity index (χ2n) is 4.23. The summed E-state index contributed by atoms with van der Waals surface area (Å²) in [6.45, 7) is 1.75. The van der Waals surface area contributed by atoms with E-state index < -0.39 is 11.9 Å². The molecule has 0 saturated carbocycles. The number of benzene rings is 1. The number of carbonyl (C=O) groups excluding carboxylic acids is 1. The average molecular weight is 342 g/mol. The summed E-state index contributed by atoms with van der Waals surface area (Å²) in [5, 5.41) is 13.8. The Bertz CT molecular complexity index is 712. The molecule has 0 aliphatic heterocycles. The van der Waals surface area contributed by atoms with Crippen molar-refractivity contribution in [1.29, 1.82) is 0 Å². The zero-order chi connectivity index (χ0) is 15.6. The minimum atomic E-state index is -1.06. The van der Waals surface area contributed by atoms with E-state index in [0.29, 0.717) is 21.8 Å². The Morgan fingerprint density at radius 2 is 2.10 bits per heavy atom. The summed E-state index contributed by atoms with van der Waals surface area (Å²) in [6, 6.07) is 5.16. The van der Waals surface area contributed by atoms with Gasteiger partial charge in [-0.25, -0.2) is 4.79 Å². The van der Waals surface area contributed by atoms with Crippen LogP contribution in [0.3, 0.4) is 0 Å². The lowest BCUT2D eigenvalue weighted by molar-refractivity contribution is 0.0703. The molecule has 1 aromatic carbocycles. The summed E-state index contributed by atoms with van der Waals surface area (Å²) in [4.78, 5) is 24.5. The first kappa shape index (κ1) is 15.9. The number of carboxylic acid groups (broad SMARTS) is 1. The van der Waals surface area contributed by atoms with Crippen LogP contribution in [0.15, 0.2) is 28.5 Å². The molecule has 1 aromatic heterocycles. The third kappa shape index (κ3) is 3.40. The number of aryl methyl sites for hydroxylation is 1. The van der Waals surface area contributed by atoms with Crippen molar-refractivity contribution in [1.82, 2.24) is 0 Å². The number of halogens is 1. The zero-order valence-corrected chi connectivity index (χ0v) is 13.7. The Labute approximate surface area is 135 Å². The van der Waals surface area contributed by atoms with Crippen molar-refractivity contribution >= 4 is 52.3 Å². The maximum absolute atomic E-state index is 12.3. The van der Waals surface area contributed by atoms with Gasteiger partial charge in [0.05, 0.1) is 16.3 Å². The molecule has 0 fully saturated rings. The standard InChI is InChI=1S/C14H12ClNO3S2/c1-7-6-21-12(14(18)19)11(7)16-13(17)9-5-8(20-2)3-4-10(9)15/h3-6H,1-2H3,(H,16,17)(H,18,19). The summed E-state index contributed by atoms with van der Waals surface area (Å²) >= 11 is 8.63. The highest BCUT2D eigenvalue weighted by Crippen LogP contribution is 2.29. The van der Waals surface area contributed by atoms with Crippen LogP contribution in [-0.4, -0.2) is 23.2 Å². The van der Waals surface area contributed by atoms with Gasteiger partial charge < -0.3 is 10.4 Å². The molecule has 0 spiro atoms. The third-order valence-electron chi connectivity index (χ3n) is 2.83. The monoisotopic (exact) mass is 341 g/mol. The molecule has 1 amide bonds. The number of carboxylic acids is 1. The van der Waals surface area contributed by atoms with Crippen molar-refractivity contribution in [3.05, 3.63) is 44.6 Å². The van der Waals surface area contributed by atoms with Gasteiger partial charge in [-0.3, -0.25) is 4.79 Å². The number of amides is 1. The number of thiophene rings is 1. The molecular formula is C14H12ClNO3S2. The van der Waals surface area contributed by atoms with Crippen LogP contribution < -0.4 is 5.32 Å². The second-order valence-corrected chi connectivity index (χ2v) is 6.39. The Morgan fingerprint density at radius 3 is 2.71 bits per heavy atom. The molecule has 7 heteroatoms. The van der Waals surface area contributed by atoms with Crippen molar-refractivity contribution < 1.29 is 14.7 Å². The first-order chi connectivity index (χ1) is 9.93. The van der Waals surface area contributed by atoms with E-state index in [-0.39, 0.29) is 4.88 Å². The lowest BCUT2D eigenvalue weighted by Crippen LogP contribution is -2.14. The van der Waals surface area contributed by atoms with Crippen molar-refractivity contribution in [3.63, 3.8) is 0 Å². The highest BCUT2D eigenvalue weighted by molar-refractivity contribution is 7.98. The molecule has 4 nitrogen and oxygen atoms in total. The van der Waals surface area contributed by atoms with Gasteiger partial charge in [0, 0.05) is 4.90 Å². The SMILES string of the molecule is CSc1ccc(Cl)c(C(=O)Nc2c(C)csc2C(=O)O)c1. The van der Waals surface area contributed by atoms with Gasteiger partial charge in [-0.1, -0.05) is 11.6 Å². The van der Waals surface area contributed by atoms with E-state index in [4.69, 9.17) is 16.7 Å². The maximum atomic E-state index is 12.3. The quantitative estimate of drug-likeness (QED) is 0.810. The molecule has 0 aliphatic rings. The van der Waals surface area contributed by atoms with Crippen molar-refractivity contribution in [2.45, 2.75) is 11.8 Å². The number of hydrogen-bond donors (Lipinski definition) is 2. The molecule has 2 N–H and O–H groups in total. The first-order valence-electron chi connectivity index (χ1n) is 5.90. The fraction of sp³-hybridized carbons (Fsp3) is 0.143. The smallest absolute Gasteiger partial charge is 0.348 e. The van der Waals surface area contributed by atoms with Crippen LogP contribution in [0.1, 0.15) is 25.6 Å². The molecule has 0 saturated heterocycles. The number of aromatic carboxylic acids is 1. The topological polar surface area (TPSA) is 66.4 Å². The van der Waals surface area contributed by atoms with E-state index in [1.165, 1.54) is 11.8 Å². The van der Waals surface area contributed by atoms with E-state index >= 15 is 0 Å². The summed E-state index contributed by atoms with van der Waals surface area (Å²) in [6.07, 6.45) is 1.90. The molecule has 1 heterocycles. The minimum Gasteiger partial charge on any atom is -0.477 e. The summed E-state index contributed by atoms with van der Waals surface area (Å²) < 4.78 is 0. The molecule has 0 unspecified atom stereocenters. The maximum Gasteiger partial charge on any atom is 0.348 e. The zero-order valence-electron chi connectivity index (χ0n) is 11.3. The lowest BCUT2D eigenvalue weighted by Gasteiger charge is -2.09. The van der Waals surface area contributed by atoms with Gasteiger partial charge in [-0.2, -0.15) is 0 Å². The number of thioether (sulfide) groups is 1. The number of hydrogen-bond acceptors (Lipinski definition) is 4. The fourth-order valence-electron chi connectivity index (χ4n) is 1.74. The molecule has 0 radical (unpaired) electrons. The van der Waals surface area contributed by atoms with E-state index in [1.54, 1.807) is 24.4 Å². The van der Waals surface area contributed by atoms with Gasteiger partial charge in [0.25, 0.3) is 5.91 Å². The molecule has 21 heavy (non-hydrogen) atoms. The summed E-state index contributed by atoms with van der Waals surface area (Å²) in [7, 11) is 0. The van der Waals surface area contributed by atoms with E-state index in [2.05, 4.69) is 5.32 Å². The second kappa shape index (κ2) is 6.51. The molecule has 2 aromatic rings. The van der Waals surface area contributed by atoms with Crippen molar-refractivity contribution in [2.75, 3.05) is 11.6 Å². The molecule has 0 bridgehead atoms. The molecular weight excluding hydrogens is 330 g/mol. The van der Waals surface area contributed by atoms with Gasteiger partial charge in [0.15, 0.2) is 0 Å². The highest BCUT2D eigenvalue weighted by atomic mass is 35.5.